The van der Waals surface area contributed by atoms with Crippen LogP contribution in [0.2, 0.25) is 0 Å². The Morgan fingerprint density at radius 1 is 0.861 bits per heavy atom. The molecule has 0 amide bonds. The fourth-order valence-corrected chi connectivity index (χ4v) is 5.11. The molecular formula is C30H36N2O4. The highest BCUT2D eigenvalue weighted by Crippen LogP contribution is 2.29. The molecule has 3 aromatic rings. The Bertz CT molecular complexity index is 1130. The SMILES string of the molecule is COc1ccc(CN2CCOc3ccc(CN4CCC(OCc5ccccc5)CC4)cc3C2)cc1O. The molecule has 190 valence electrons. The van der Waals surface area contributed by atoms with E-state index in [0.717, 1.165) is 63.4 Å². The zero-order chi connectivity index (χ0) is 24.7. The zero-order valence-corrected chi connectivity index (χ0v) is 21.1. The predicted molar refractivity (Wildman–Crippen MR) is 140 cm³/mol. The molecule has 0 atom stereocenters. The number of ether oxygens (including phenoxy) is 3. The summed E-state index contributed by atoms with van der Waals surface area (Å²) in [5.74, 6) is 1.66. The first kappa shape index (κ1) is 24.6. The van der Waals surface area contributed by atoms with E-state index in [4.69, 9.17) is 14.2 Å². The number of methoxy groups -OCH3 is 1. The maximum Gasteiger partial charge on any atom is 0.160 e. The third kappa shape index (κ3) is 6.38. The van der Waals surface area contributed by atoms with Crippen LogP contribution in [0.25, 0.3) is 0 Å². The summed E-state index contributed by atoms with van der Waals surface area (Å²) >= 11 is 0. The van der Waals surface area contributed by atoms with Crippen LogP contribution in [0, 0.1) is 0 Å². The molecule has 0 spiro atoms. The monoisotopic (exact) mass is 488 g/mol. The fraction of sp³-hybridized carbons (Fsp3) is 0.400. The summed E-state index contributed by atoms with van der Waals surface area (Å²) in [6, 6.07) is 22.7. The molecular weight excluding hydrogens is 452 g/mol. The molecule has 2 heterocycles. The van der Waals surface area contributed by atoms with Crippen LogP contribution in [0.15, 0.2) is 66.7 Å². The number of benzene rings is 3. The third-order valence-corrected chi connectivity index (χ3v) is 7.10. The van der Waals surface area contributed by atoms with Gasteiger partial charge in [0.2, 0.25) is 0 Å². The van der Waals surface area contributed by atoms with Gasteiger partial charge >= 0.3 is 0 Å². The second-order valence-corrected chi connectivity index (χ2v) is 9.78. The summed E-state index contributed by atoms with van der Waals surface area (Å²) < 4.78 is 17.4. The van der Waals surface area contributed by atoms with Gasteiger partial charge in [-0.3, -0.25) is 9.80 Å². The maximum atomic E-state index is 10.1. The van der Waals surface area contributed by atoms with Crippen LogP contribution in [-0.4, -0.2) is 54.4 Å². The predicted octanol–water partition coefficient (Wildman–Crippen LogP) is 4.98. The van der Waals surface area contributed by atoms with Crippen LogP contribution in [0.4, 0.5) is 0 Å². The first-order valence-electron chi connectivity index (χ1n) is 12.9. The lowest BCUT2D eigenvalue weighted by molar-refractivity contribution is -0.00394. The number of phenolic OH excluding ortho intramolecular Hbond substituents is 1. The van der Waals surface area contributed by atoms with E-state index in [-0.39, 0.29) is 5.75 Å². The second kappa shape index (κ2) is 11.8. The molecule has 0 aromatic heterocycles. The van der Waals surface area contributed by atoms with Crippen molar-refractivity contribution in [2.45, 2.75) is 45.2 Å². The first-order chi connectivity index (χ1) is 17.7. The molecule has 1 N–H and O–H groups in total. The lowest BCUT2D eigenvalue weighted by Gasteiger charge is -2.32. The van der Waals surface area contributed by atoms with E-state index >= 15 is 0 Å². The van der Waals surface area contributed by atoms with Crippen molar-refractivity contribution in [3.8, 4) is 17.2 Å². The molecule has 0 saturated carbocycles. The van der Waals surface area contributed by atoms with E-state index in [1.54, 1.807) is 13.2 Å². The highest BCUT2D eigenvalue weighted by Gasteiger charge is 2.21. The third-order valence-electron chi connectivity index (χ3n) is 7.10. The summed E-state index contributed by atoms with van der Waals surface area (Å²) in [6.45, 7) is 6.83. The van der Waals surface area contributed by atoms with Crippen molar-refractivity contribution in [2.24, 2.45) is 0 Å². The van der Waals surface area contributed by atoms with E-state index in [1.807, 2.05) is 18.2 Å². The summed E-state index contributed by atoms with van der Waals surface area (Å²) in [6.07, 6.45) is 2.49. The second-order valence-electron chi connectivity index (χ2n) is 9.78. The number of piperidine rings is 1. The van der Waals surface area contributed by atoms with E-state index < -0.39 is 0 Å². The van der Waals surface area contributed by atoms with Gasteiger partial charge in [-0.05, 0) is 53.8 Å². The van der Waals surface area contributed by atoms with Gasteiger partial charge in [-0.2, -0.15) is 0 Å². The molecule has 0 bridgehead atoms. The van der Waals surface area contributed by atoms with Gasteiger partial charge in [-0.1, -0.05) is 42.5 Å². The van der Waals surface area contributed by atoms with Gasteiger partial charge in [0.1, 0.15) is 12.4 Å². The van der Waals surface area contributed by atoms with Crippen LogP contribution in [0.5, 0.6) is 17.2 Å². The lowest BCUT2D eigenvalue weighted by atomic mass is 10.0. The maximum absolute atomic E-state index is 10.1. The summed E-state index contributed by atoms with van der Waals surface area (Å²) in [5.41, 5.74) is 4.85. The molecule has 2 aliphatic rings. The molecule has 2 aliphatic heterocycles. The minimum atomic E-state index is 0.179. The molecule has 0 unspecified atom stereocenters. The van der Waals surface area contributed by atoms with Crippen LogP contribution in [-0.2, 0) is 31.0 Å². The average Bonchev–Trinajstić information content (AvgIpc) is 3.10. The molecule has 6 nitrogen and oxygen atoms in total. The van der Waals surface area contributed by atoms with Gasteiger partial charge in [-0.15, -0.1) is 0 Å². The molecule has 1 fully saturated rings. The molecule has 5 rings (SSSR count). The molecule has 0 aliphatic carbocycles. The zero-order valence-electron chi connectivity index (χ0n) is 21.1. The quantitative estimate of drug-likeness (QED) is 0.483. The number of nitrogens with zero attached hydrogens (tertiary/aromatic N) is 2. The van der Waals surface area contributed by atoms with Crippen molar-refractivity contribution in [1.82, 2.24) is 9.80 Å². The average molecular weight is 489 g/mol. The molecule has 1 saturated heterocycles. The minimum absolute atomic E-state index is 0.179. The highest BCUT2D eigenvalue weighted by atomic mass is 16.5. The number of hydrogen-bond donors (Lipinski definition) is 1. The van der Waals surface area contributed by atoms with E-state index in [0.29, 0.717) is 25.1 Å². The van der Waals surface area contributed by atoms with Crippen molar-refractivity contribution in [3.63, 3.8) is 0 Å². The Balaban J connectivity index is 1.15. The van der Waals surface area contributed by atoms with Crippen LogP contribution in [0.1, 0.15) is 35.1 Å². The Kier molecular flexibility index (Phi) is 8.06. The normalized spacial score (nSPS) is 17.2. The highest BCUT2D eigenvalue weighted by molar-refractivity contribution is 5.42. The fourth-order valence-electron chi connectivity index (χ4n) is 5.11. The largest absolute Gasteiger partial charge is 0.504 e. The van der Waals surface area contributed by atoms with Crippen molar-refractivity contribution < 1.29 is 19.3 Å². The number of phenols is 1. The van der Waals surface area contributed by atoms with Gasteiger partial charge in [-0.25, -0.2) is 0 Å². The van der Waals surface area contributed by atoms with Gasteiger partial charge in [0.05, 0.1) is 19.8 Å². The van der Waals surface area contributed by atoms with E-state index in [9.17, 15) is 5.11 Å². The summed E-state index contributed by atoms with van der Waals surface area (Å²) in [4.78, 5) is 4.89. The van der Waals surface area contributed by atoms with Crippen molar-refractivity contribution in [1.29, 1.82) is 0 Å². The number of aromatic hydroxyl groups is 1. The number of hydrogen-bond acceptors (Lipinski definition) is 6. The molecule has 0 radical (unpaired) electrons. The van der Waals surface area contributed by atoms with Crippen molar-refractivity contribution in [2.75, 3.05) is 33.4 Å². The Hall–Kier alpha value is -3.06. The van der Waals surface area contributed by atoms with E-state index in [2.05, 4.69) is 52.3 Å². The van der Waals surface area contributed by atoms with Gasteiger partial charge < -0.3 is 19.3 Å². The first-order valence-corrected chi connectivity index (χ1v) is 12.9. The lowest BCUT2D eigenvalue weighted by Crippen LogP contribution is -2.36. The van der Waals surface area contributed by atoms with Crippen LogP contribution in [0.3, 0.4) is 0 Å². The molecule has 36 heavy (non-hydrogen) atoms. The number of rotatable bonds is 8. The van der Waals surface area contributed by atoms with Gasteiger partial charge in [0.15, 0.2) is 11.5 Å². The van der Waals surface area contributed by atoms with Crippen LogP contribution >= 0.6 is 0 Å². The number of likely N-dealkylation sites (tertiary alicyclic amines) is 1. The molecule has 3 aromatic carbocycles. The van der Waals surface area contributed by atoms with Gasteiger partial charge in [0, 0.05) is 44.8 Å². The Morgan fingerprint density at radius 3 is 2.39 bits per heavy atom. The van der Waals surface area contributed by atoms with Crippen molar-refractivity contribution in [3.05, 3.63) is 89.0 Å². The smallest absolute Gasteiger partial charge is 0.160 e. The Morgan fingerprint density at radius 2 is 1.61 bits per heavy atom. The standard InChI is InChI=1S/C30H36N2O4/c1-34-30-10-8-25(18-28(30)33)20-32-15-16-35-29-9-7-24(17-26(29)21-32)19-31-13-11-27(12-14-31)36-22-23-5-3-2-4-6-23/h2-10,17-18,27,33H,11-16,19-22H2,1H3. The van der Waals surface area contributed by atoms with Gasteiger partial charge in [0.25, 0.3) is 0 Å². The van der Waals surface area contributed by atoms with Crippen LogP contribution < -0.4 is 9.47 Å². The summed E-state index contributed by atoms with van der Waals surface area (Å²) in [7, 11) is 1.57. The minimum Gasteiger partial charge on any atom is -0.504 e. The topological polar surface area (TPSA) is 54.4 Å². The van der Waals surface area contributed by atoms with E-state index in [1.165, 1.54) is 16.7 Å². The Labute approximate surface area is 214 Å². The summed E-state index contributed by atoms with van der Waals surface area (Å²) in [5, 5.41) is 10.1. The molecule has 6 heteroatoms. The number of fused-ring (bicyclic) bond motifs is 1. The van der Waals surface area contributed by atoms with Crippen molar-refractivity contribution >= 4 is 0 Å².